The average Bonchev–Trinajstić information content (AvgIpc) is 1.40. The van der Waals surface area contributed by atoms with E-state index >= 15 is 0 Å². The van der Waals surface area contributed by atoms with Crippen molar-refractivity contribution in [2.75, 3.05) is 136 Å². The molecule has 0 spiro atoms. The largest absolute Gasteiger partial charge is 0.463 e. The Kier molecular flexibility index (Phi) is 50.1. The second-order valence-electron chi connectivity index (χ2n) is 27.9. The molecular formula is C76H136N5O12S4+. The zero-order valence-electron chi connectivity index (χ0n) is 61.5. The molecule has 2 aromatic rings. The number of hydrogen-bond donors (Lipinski definition) is 3. The van der Waals surface area contributed by atoms with Gasteiger partial charge in [0.2, 0.25) is 10.0 Å². The van der Waals surface area contributed by atoms with Crippen LogP contribution in [0.25, 0.3) is 10.8 Å². The summed E-state index contributed by atoms with van der Waals surface area (Å²) in [7, 11) is 7.79. The number of amides is 2. The van der Waals surface area contributed by atoms with Gasteiger partial charge in [0.25, 0.3) is 0 Å². The molecule has 2 heterocycles. The Bertz CT molecular complexity index is 2430. The molecule has 5 atom stereocenters. The van der Waals surface area contributed by atoms with Crippen LogP contribution in [-0.4, -0.2) is 192 Å². The smallest absolute Gasteiger partial charge is 0.327 e. The maximum Gasteiger partial charge on any atom is 0.327 e. The monoisotopic (exact) mass is 1440 g/mol. The lowest BCUT2D eigenvalue weighted by Crippen LogP contribution is -2.45. The van der Waals surface area contributed by atoms with Gasteiger partial charge < -0.3 is 53.2 Å². The predicted octanol–water partition coefficient (Wildman–Crippen LogP) is 16.8. The Labute approximate surface area is 601 Å². The predicted molar refractivity (Wildman–Crippen MR) is 407 cm³/mol. The Balaban J connectivity index is 1.06. The molecule has 21 heteroatoms. The molecule has 0 saturated carbocycles. The second-order valence-corrected chi connectivity index (χ2v) is 33.5. The van der Waals surface area contributed by atoms with E-state index in [2.05, 4.69) is 43.3 Å². The van der Waals surface area contributed by atoms with Crippen LogP contribution in [0.15, 0.2) is 41.3 Å². The summed E-state index contributed by atoms with van der Waals surface area (Å²) in [5, 5.41) is 7.39. The number of anilines is 1. The quantitative estimate of drug-likeness (QED) is 0.0186. The van der Waals surface area contributed by atoms with Gasteiger partial charge in [-0.2, -0.15) is 16.5 Å². The summed E-state index contributed by atoms with van der Waals surface area (Å²) in [6.45, 7) is 10.2. The molecule has 2 fully saturated rings. The van der Waals surface area contributed by atoms with E-state index in [0.717, 1.165) is 84.8 Å². The maximum atomic E-state index is 14.0. The first-order valence-corrected chi connectivity index (χ1v) is 43.5. The molecule has 17 nitrogen and oxygen atoms in total. The molecule has 0 bridgehead atoms. The first-order chi connectivity index (χ1) is 47.2. The fraction of sp³-hybridized carbons (Fsp3) is 0.829. The van der Waals surface area contributed by atoms with Crippen molar-refractivity contribution >= 4 is 77.8 Å². The Hall–Kier alpha value is -2.57. The van der Waals surface area contributed by atoms with Gasteiger partial charge in [-0.05, 0) is 37.8 Å². The fourth-order valence-electron chi connectivity index (χ4n) is 12.5. The van der Waals surface area contributed by atoms with Gasteiger partial charge in [0.1, 0.15) is 19.8 Å². The van der Waals surface area contributed by atoms with Crippen LogP contribution in [0.2, 0.25) is 0 Å². The molecule has 2 aliphatic rings. The zero-order chi connectivity index (χ0) is 69.7. The number of sulfonamides is 1. The van der Waals surface area contributed by atoms with E-state index in [-0.39, 0.29) is 60.6 Å². The third kappa shape index (κ3) is 41.4. The number of thioether (sulfide) groups is 1. The summed E-state index contributed by atoms with van der Waals surface area (Å²) in [5.41, 5.74) is 0.830. The number of esters is 2. The Morgan fingerprint density at radius 2 is 1.09 bits per heavy atom. The standard InChI is InChI=1S/C76H135N5O12S4/c1-7-9-11-13-15-17-19-21-23-25-27-29-31-33-35-39-51-90-61-65(91-52-40-36-34-32-30-28-26-24-22-20-18-16-14-12-10-8-2)63-96-95-60-50-81(5,6)49-53-87-54-55-88-56-57-89-58-59-92-75(83)68(62-93-73(82)48-38-37-46-71-74-69(64-94-71)77-76(84)78-74)79-97(85,86)72-47-42-43-66-67(72)44-41-45-70(66)80(3)4/h41-45,47,65,68-69,71,74,79H,7-40,46,48-64H2,1-6H3,(H-,77,78,84)/p+1/t65?,68-,69-,71-,74-/m0/s1. The number of rotatable bonds is 67. The van der Waals surface area contributed by atoms with Crippen molar-refractivity contribution in [3.8, 4) is 0 Å². The maximum absolute atomic E-state index is 14.0. The van der Waals surface area contributed by atoms with E-state index in [1.807, 2.05) is 64.5 Å². The molecule has 97 heavy (non-hydrogen) atoms. The molecule has 4 rings (SSSR count). The number of urea groups is 1. The highest BCUT2D eigenvalue weighted by Gasteiger charge is 2.42. The number of nitrogens with one attached hydrogen (secondary N) is 3. The van der Waals surface area contributed by atoms with E-state index in [1.54, 1.807) is 18.2 Å². The normalized spacial score (nSPS) is 16.2. The van der Waals surface area contributed by atoms with E-state index in [1.165, 1.54) is 199 Å². The molecule has 2 saturated heterocycles. The van der Waals surface area contributed by atoms with Gasteiger partial charge >= 0.3 is 18.0 Å². The number of carbonyl (C=O) groups is 3. The van der Waals surface area contributed by atoms with E-state index in [4.69, 9.17) is 33.2 Å². The van der Waals surface area contributed by atoms with E-state index in [0.29, 0.717) is 44.8 Å². The molecule has 560 valence electrons. The van der Waals surface area contributed by atoms with Crippen molar-refractivity contribution in [1.82, 2.24) is 15.4 Å². The van der Waals surface area contributed by atoms with Crippen LogP contribution in [0.5, 0.6) is 0 Å². The summed E-state index contributed by atoms with van der Waals surface area (Å²) in [6, 6.07) is 8.90. The van der Waals surface area contributed by atoms with E-state index in [9.17, 15) is 22.8 Å². The highest BCUT2D eigenvalue weighted by Crippen LogP contribution is 2.34. The third-order valence-electron chi connectivity index (χ3n) is 18.7. The average molecular weight is 1440 g/mol. The summed E-state index contributed by atoms with van der Waals surface area (Å²) in [5.74, 6) is 1.36. The molecule has 2 aromatic carbocycles. The Morgan fingerprint density at radius 1 is 0.577 bits per heavy atom. The Morgan fingerprint density at radius 3 is 1.66 bits per heavy atom. The topological polar surface area (TPSA) is 189 Å². The van der Waals surface area contributed by atoms with Crippen molar-refractivity contribution in [1.29, 1.82) is 0 Å². The lowest BCUT2D eigenvalue weighted by atomic mass is 10.0. The molecule has 0 radical (unpaired) electrons. The van der Waals surface area contributed by atoms with Crippen LogP contribution in [0.4, 0.5) is 10.5 Å². The van der Waals surface area contributed by atoms with Crippen LogP contribution in [0.3, 0.4) is 0 Å². The molecule has 0 aromatic heterocycles. The lowest BCUT2D eigenvalue weighted by Gasteiger charge is -2.29. The highest BCUT2D eigenvalue weighted by atomic mass is 33.1. The molecule has 2 aliphatic heterocycles. The molecule has 0 aliphatic carbocycles. The van der Waals surface area contributed by atoms with Gasteiger partial charge in [-0.3, -0.25) is 9.59 Å². The number of fused-ring (bicyclic) bond motifs is 2. The van der Waals surface area contributed by atoms with Crippen LogP contribution >= 0.6 is 33.3 Å². The van der Waals surface area contributed by atoms with Gasteiger partial charge in [0.15, 0.2) is 6.04 Å². The summed E-state index contributed by atoms with van der Waals surface area (Å²) in [6.07, 6.45) is 46.2. The summed E-state index contributed by atoms with van der Waals surface area (Å²) >= 11 is 1.81. The van der Waals surface area contributed by atoms with Crippen LogP contribution in [-0.2, 0) is 52.8 Å². The van der Waals surface area contributed by atoms with Gasteiger partial charge in [0.05, 0.1) is 95.7 Å². The lowest BCUT2D eigenvalue weighted by molar-refractivity contribution is -0.888. The van der Waals surface area contributed by atoms with Crippen LogP contribution in [0.1, 0.15) is 245 Å². The molecule has 3 N–H and O–H groups in total. The van der Waals surface area contributed by atoms with Crippen LogP contribution < -0.4 is 20.3 Å². The third-order valence-corrected chi connectivity index (χ3v) is 24.1. The first kappa shape index (κ1) is 86.8. The number of benzene rings is 2. The van der Waals surface area contributed by atoms with Crippen LogP contribution in [0, 0.1) is 0 Å². The van der Waals surface area contributed by atoms with E-state index < -0.39 is 34.6 Å². The molecule has 1 unspecified atom stereocenters. The van der Waals surface area contributed by atoms with Crippen molar-refractivity contribution in [2.45, 2.75) is 279 Å². The van der Waals surface area contributed by atoms with Gasteiger partial charge in [-0.15, -0.1) is 0 Å². The van der Waals surface area contributed by atoms with Crippen molar-refractivity contribution in [3.05, 3.63) is 36.4 Å². The fourth-order valence-corrected chi connectivity index (χ4v) is 17.9. The highest BCUT2D eigenvalue weighted by molar-refractivity contribution is 8.76. The molecule has 2 amide bonds. The van der Waals surface area contributed by atoms with Gasteiger partial charge in [-0.25, -0.2) is 13.2 Å². The number of quaternary nitrogens is 1. The van der Waals surface area contributed by atoms with Crippen molar-refractivity contribution in [2.24, 2.45) is 0 Å². The van der Waals surface area contributed by atoms with Crippen molar-refractivity contribution < 1.29 is 60.4 Å². The minimum Gasteiger partial charge on any atom is -0.463 e. The summed E-state index contributed by atoms with van der Waals surface area (Å²) < 4.78 is 72.5. The number of ether oxygens (including phenoxy) is 7. The molecular weight excluding hydrogens is 1300 g/mol. The first-order valence-electron chi connectivity index (χ1n) is 38.5. The minimum absolute atomic E-state index is 0.0213. The van der Waals surface area contributed by atoms with Crippen molar-refractivity contribution in [3.63, 3.8) is 0 Å². The number of nitrogens with zero attached hydrogens (tertiary/aromatic N) is 2. The summed E-state index contributed by atoms with van der Waals surface area (Å²) in [4.78, 5) is 40.2. The SMILES string of the molecule is CCCCCCCCCCCCCCCCCCOCC(CSSCC[N+](C)(C)CCOCCOCCOCCOC(=O)[C@H](COC(=O)CCCC[C@@H]1SC[C@@H]2NC(=O)N[C@@H]21)NS(=O)(=O)c1cccc2c(N(C)C)cccc12)OCCCCCCCCCCCCCCCCCC. The number of likely N-dealkylation sites (N-methyl/N-ethyl adjacent to an activating group) is 1. The van der Waals surface area contributed by atoms with Gasteiger partial charge in [0, 0.05) is 66.9 Å². The number of unbranched alkanes of at least 4 members (excludes halogenated alkanes) is 31. The second kappa shape index (κ2) is 56.0. The minimum atomic E-state index is -4.32. The number of hydrogen-bond acceptors (Lipinski definition) is 16. The van der Waals surface area contributed by atoms with Gasteiger partial charge in [-0.1, -0.05) is 259 Å². The number of carbonyl (C=O) groups excluding carboxylic acids is 3. The zero-order valence-corrected chi connectivity index (χ0v) is 64.8.